The van der Waals surface area contributed by atoms with E-state index in [2.05, 4.69) is 19.9 Å². The highest BCUT2D eigenvalue weighted by Gasteiger charge is 2.26. The molecule has 0 radical (unpaired) electrons. The average Bonchev–Trinajstić information content (AvgIpc) is 3.24. The molecule has 11 heteroatoms. The first-order chi connectivity index (χ1) is 18.2. The number of carboxylic acids is 1. The Morgan fingerprint density at radius 2 is 1.79 bits per heavy atom. The van der Waals surface area contributed by atoms with E-state index in [9.17, 15) is 23.1 Å². The largest absolute Gasteiger partial charge is 1.00 e. The summed E-state index contributed by atoms with van der Waals surface area (Å²) in [6.07, 6.45) is 6.91. The molecule has 1 amide bonds. The second kappa shape index (κ2) is 13.9. The highest BCUT2D eigenvalue weighted by molar-refractivity contribution is 7.89. The Morgan fingerprint density at radius 1 is 1.10 bits per heavy atom. The number of hydrogen-bond donors (Lipinski definition) is 4. The summed E-state index contributed by atoms with van der Waals surface area (Å²) in [5.74, 6) is -0.946. The Balaban J connectivity index is 0.00000420. The van der Waals surface area contributed by atoms with Gasteiger partial charge in [-0.1, -0.05) is 35.9 Å². The van der Waals surface area contributed by atoms with Crippen LogP contribution in [0, 0.1) is 12.8 Å². The van der Waals surface area contributed by atoms with Crippen LogP contribution in [0.5, 0.6) is 0 Å². The van der Waals surface area contributed by atoms with Crippen LogP contribution in [0.25, 0.3) is 10.9 Å². The standard InChI is InChI=1S/C28H36N4O5S.ClH/c1-20-8-10-23(11-9-20)38(36,37)31-25(28(34)35)18-30-27(33)17-22-19-32(26-7-3-2-6-24(22)26)16-4-5-21-12-14-29-15-13-21;/h2-3,6-11,19,21,25,29,31H,4-5,12-18H2,1H3,(H,30,33)(H,34,35);1H/t25-;/m0./s1. The molecular formula is C28H37ClN4O5S. The van der Waals surface area contributed by atoms with Gasteiger partial charge in [0.15, 0.2) is 0 Å². The maximum absolute atomic E-state index is 12.8. The number of aromatic nitrogens is 1. The summed E-state index contributed by atoms with van der Waals surface area (Å²) in [6, 6.07) is 12.6. The lowest BCUT2D eigenvalue weighted by atomic mass is 9.93. The average molecular weight is 577 g/mol. The van der Waals surface area contributed by atoms with E-state index >= 15 is 0 Å². The number of aryl methyl sites for hydroxylation is 2. The molecule has 9 nitrogen and oxygen atoms in total. The van der Waals surface area contributed by atoms with Gasteiger partial charge in [0.05, 0.1) is 24.4 Å². The molecule has 212 valence electrons. The maximum atomic E-state index is 12.8. The van der Waals surface area contributed by atoms with Gasteiger partial charge in [-0.15, -0.1) is 0 Å². The topological polar surface area (TPSA) is 134 Å². The third kappa shape index (κ3) is 8.28. The van der Waals surface area contributed by atoms with Crippen LogP contribution in [0.2, 0.25) is 0 Å². The Hall–Kier alpha value is -2.92. The summed E-state index contributed by atoms with van der Waals surface area (Å²) in [5, 5.41) is 15.5. The number of benzene rings is 2. The molecule has 0 spiro atoms. The number of halogens is 1. The van der Waals surface area contributed by atoms with E-state index in [0.717, 1.165) is 40.9 Å². The van der Waals surface area contributed by atoms with E-state index < -0.39 is 22.0 Å². The van der Waals surface area contributed by atoms with Gasteiger partial charge in [0.2, 0.25) is 15.9 Å². The van der Waals surface area contributed by atoms with Crippen LogP contribution >= 0.6 is 0 Å². The molecule has 0 saturated carbocycles. The Bertz CT molecular complexity index is 1370. The molecule has 39 heavy (non-hydrogen) atoms. The Kier molecular flexibility index (Phi) is 10.9. The van der Waals surface area contributed by atoms with Gasteiger partial charge < -0.3 is 32.7 Å². The van der Waals surface area contributed by atoms with Gasteiger partial charge in [-0.05, 0) is 62.3 Å². The molecule has 1 aliphatic rings. The van der Waals surface area contributed by atoms with Crippen LogP contribution in [0.15, 0.2) is 59.6 Å². The molecule has 3 aromatic rings. The number of piperidine rings is 1. The molecule has 4 rings (SSSR count). The van der Waals surface area contributed by atoms with E-state index in [4.69, 9.17) is 0 Å². The summed E-state index contributed by atoms with van der Waals surface area (Å²) in [6.45, 7) is 4.77. The van der Waals surface area contributed by atoms with Gasteiger partial charge >= 0.3 is 5.97 Å². The number of fused-ring (bicyclic) bond motifs is 1. The summed E-state index contributed by atoms with van der Waals surface area (Å²) in [4.78, 5) is 24.5. The van der Waals surface area contributed by atoms with Crippen molar-refractivity contribution in [3.8, 4) is 0 Å². The van der Waals surface area contributed by atoms with Crippen molar-refractivity contribution in [3.05, 3.63) is 65.9 Å². The van der Waals surface area contributed by atoms with Crippen molar-refractivity contribution in [2.24, 2.45) is 5.92 Å². The molecule has 5 N–H and O–H groups in total. The van der Waals surface area contributed by atoms with Crippen molar-refractivity contribution in [2.45, 2.75) is 56.5 Å². The fraction of sp³-hybridized carbons (Fsp3) is 0.429. The highest BCUT2D eigenvalue weighted by atomic mass is 35.5. The number of para-hydroxylation sites is 1. The molecule has 2 aromatic carbocycles. The number of aliphatic carboxylic acids is 1. The summed E-state index contributed by atoms with van der Waals surface area (Å²) in [5.41, 5.74) is 2.81. The van der Waals surface area contributed by atoms with Gasteiger partial charge in [-0.2, -0.15) is 4.72 Å². The smallest absolute Gasteiger partial charge is 0.323 e. The second-order valence-corrected chi connectivity index (χ2v) is 11.8. The lowest BCUT2D eigenvalue weighted by molar-refractivity contribution is -0.664. The Morgan fingerprint density at radius 3 is 2.49 bits per heavy atom. The number of nitrogens with one attached hydrogen (secondary N) is 2. The summed E-state index contributed by atoms with van der Waals surface area (Å²) >= 11 is 0. The monoisotopic (exact) mass is 576 g/mol. The van der Waals surface area contributed by atoms with Gasteiger partial charge in [0.25, 0.3) is 0 Å². The van der Waals surface area contributed by atoms with E-state index in [0.29, 0.717) is 0 Å². The van der Waals surface area contributed by atoms with Crippen molar-refractivity contribution in [2.75, 3.05) is 19.6 Å². The van der Waals surface area contributed by atoms with E-state index in [1.165, 1.54) is 44.5 Å². The SMILES string of the molecule is Cc1ccc(S(=O)(=O)N[C@@H](CNC(=O)Cc2cn(CCCC3CC[NH2+]CC3)c3ccccc23)C(=O)O)cc1.[Cl-]. The third-order valence-electron chi connectivity index (χ3n) is 7.22. The number of sulfonamides is 1. The summed E-state index contributed by atoms with van der Waals surface area (Å²) in [7, 11) is -4.06. The first-order valence-electron chi connectivity index (χ1n) is 13.2. The predicted molar refractivity (Wildman–Crippen MR) is 145 cm³/mol. The molecule has 0 unspecified atom stereocenters. The lowest BCUT2D eigenvalue weighted by Crippen LogP contribution is -3.00. The van der Waals surface area contributed by atoms with Gasteiger partial charge in [0.1, 0.15) is 6.04 Å². The van der Waals surface area contributed by atoms with Crippen molar-refractivity contribution < 1.29 is 40.8 Å². The second-order valence-electron chi connectivity index (χ2n) is 10.1. The molecule has 0 bridgehead atoms. The molecule has 1 atom stereocenters. The fourth-order valence-corrected chi connectivity index (χ4v) is 6.28. The van der Waals surface area contributed by atoms with Crippen LogP contribution in [-0.4, -0.2) is 55.6 Å². The van der Waals surface area contributed by atoms with Crippen LogP contribution in [-0.2, 0) is 32.6 Å². The van der Waals surface area contributed by atoms with Gasteiger partial charge in [-0.25, -0.2) is 8.42 Å². The summed E-state index contributed by atoms with van der Waals surface area (Å²) < 4.78 is 29.7. The molecule has 0 aliphatic carbocycles. The number of amides is 1. The van der Waals surface area contributed by atoms with Crippen LogP contribution < -0.4 is 27.8 Å². The number of quaternary nitrogens is 1. The fourth-order valence-electron chi connectivity index (χ4n) is 5.09. The quantitative estimate of drug-likeness (QED) is 0.215. The van der Waals surface area contributed by atoms with Gasteiger partial charge in [0, 0.05) is 30.2 Å². The number of rotatable bonds is 12. The minimum absolute atomic E-state index is 0. The highest BCUT2D eigenvalue weighted by Crippen LogP contribution is 2.24. The zero-order valence-corrected chi connectivity index (χ0v) is 23.7. The first-order valence-corrected chi connectivity index (χ1v) is 14.7. The van der Waals surface area contributed by atoms with E-state index in [1.807, 2.05) is 37.4 Å². The van der Waals surface area contributed by atoms with Crippen molar-refractivity contribution in [1.82, 2.24) is 14.6 Å². The zero-order valence-electron chi connectivity index (χ0n) is 22.1. The number of hydrogen-bond acceptors (Lipinski definition) is 4. The molecule has 1 saturated heterocycles. The van der Waals surface area contributed by atoms with Crippen molar-refractivity contribution in [3.63, 3.8) is 0 Å². The number of nitrogens with two attached hydrogens (primary N) is 1. The van der Waals surface area contributed by atoms with Crippen molar-refractivity contribution >= 4 is 32.8 Å². The number of carboxylic acid groups (broad SMARTS) is 1. The number of nitrogens with zero attached hydrogens (tertiary/aromatic N) is 1. The molecule has 1 aromatic heterocycles. The third-order valence-corrected chi connectivity index (χ3v) is 8.71. The Labute approximate surface area is 235 Å². The van der Waals surface area contributed by atoms with Crippen LogP contribution in [0.3, 0.4) is 0 Å². The maximum Gasteiger partial charge on any atom is 0.323 e. The minimum Gasteiger partial charge on any atom is -1.00 e. The molecule has 1 fully saturated rings. The van der Waals surface area contributed by atoms with Crippen LogP contribution in [0.4, 0.5) is 0 Å². The molecule has 1 aliphatic heterocycles. The minimum atomic E-state index is -4.06. The van der Waals surface area contributed by atoms with E-state index in [-0.39, 0.29) is 36.2 Å². The normalized spacial score (nSPS) is 15.0. The lowest BCUT2D eigenvalue weighted by Gasteiger charge is -2.20. The first kappa shape index (κ1) is 30.6. The van der Waals surface area contributed by atoms with E-state index in [1.54, 1.807) is 12.1 Å². The van der Waals surface area contributed by atoms with Gasteiger partial charge in [-0.3, -0.25) is 9.59 Å². The number of carbonyl (C=O) groups excluding carboxylic acids is 1. The molecule has 2 heterocycles. The van der Waals surface area contributed by atoms with Crippen LogP contribution in [0.1, 0.15) is 36.8 Å². The molecular weight excluding hydrogens is 540 g/mol. The number of carbonyl (C=O) groups is 2. The predicted octanol–water partition coefficient (Wildman–Crippen LogP) is -1.20. The zero-order chi connectivity index (χ0) is 27.1. The van der Waals surface area contributed by atoms with Crippen molar-refractivity contribution in [1.29, 1.82) is 0 Å².